The highest BCUT2D eigenvalue weighted by molar-refractivity contribution is 6.31. The van der Waals surface area contributed by atoms with Crippen LogP contribution < -0.4 is 5.32 Å². The fraction of sp³-hybridized carbons (Fsp3) is 0.333. The molecule has 0 bridgehead atoms. The number of nitrogens with one attached hydrogen (secondary N) is 2. The van der Waals surface area contributed by atoms with Crippen LogP contribution in [0.3, 0.4) is 0 Å². The molecule has 2 aliphatic carbocycles. The van der Waals surface area contributed by atoms with Crippen LogP contribution in [0.25, 0.3) is 10.9 Å². The van der Waals surface area contributed by atoms with Crippen molar-refractivity contribution in [2.75, 3.05) is 0 Å². The number of aliphatic hydroxyl groups excluding tert-OH is 1. The number of halogens is 1. The van der Waals surface area contributed by atoms with Crippen LogP contribution in [0.15, 0.2) is 48.7 Å². The lowest BCUT2D eigenvalue weighted by Crippen LogP contribution is -2.36. The summed E-state index contributed by atoms with van der Waals surface area (Å²) >= 11 is 6.22. The second-order valence-electron chi connectivity index (χ2n) is 7.90. The summed E-state index contributed by atoms with van der Waals surface area (Å²) in [6.07, 6.45) is 1.62. The van der Waals surface area contributed by atoms with Gasteiger partial charge in [0, 0.05) is 16.5 Å². The Morgan fingerprint density at radius 2 is 1.96 bits per heavy atom. The maximum absolute atomic E-state index is 12.4. The minimum absolute atomic E-state index is 0.00911. The number of carbonyl (C=O) groups is 1. The molecule has 3 unspecified atom stereocenters. The predicted octanol–water partition coefficient (Wildman–Crippen LogP) is 2.66. The molecule has 4 N–H and O–H groups in total. The number of aliphatic hydroxyl groups is 2. The molecule has 6 nitrogen and oxygen atoms in total. The largest absolute Gasteiger partial charge is 0.385 e. The minimum Gasteiger partial charge on any atom is -0.385 e. The number of fused-ring (bicyclic) bond motifs is 2. The molecule has 1 aromatic heterocycles. The van der Waals surface area contributed by atoms with Crippen LogP contribution in [0.4, 0.5) is 0 Å². The van der Waals surface area contributed by atoms with E-state index in [9.17, 15) is 15.0 Å². The molecule has 2 saturated carbocycles. The van der Waals surface area contributed by atoms with Crippen molar-refractivity contribution >= 4 is 28.4 Å². The van der Waals surface area contributed by atoms with Crippen LogP contribution >= 0.6 is 11.6 Å². The Hall–Kier alpha value is -2.41. The number of H-pyrrole nitrogens is 1. The first kappa shape index (κ1) is 17.7. The van der Waals surface area contributed by atoms with Crippen molar-refractivity contribution in [3.05, 3.63) is 64.8 Å². The van der Waals surface area contributed by atoms with Gasteiger partial charge in [-0.2, -0.15) is 5.10 Å². The van der Waals surface area contributed by atoms with Gasteiger partial charge in [-0.15, -0.1) is 0 Å². The van der Waals surface area contributed by atoms with Crippen LogP contribution in [-0.4, -0.2) is 32.4 Å². The van der Waals surface area contributed by atoms with E-state index in [0.29, 0.717) is 23.4 Å². The first-order valence-corrected chi connectivity index (χ1v) is 9.73. The molecule has 0 saturated heterocycles. The Morgan fingerprint density at radius 1 is 1.25 bits per heavy atom. The quantitative estimate of drug-likeness (QED) is 0.544. The molecule has 3 aromatic rings. The van der Waals surface area contributed by atoms with Gasteiger partial charge in [-0.1, -0.05) is 41.9 Å². The number of carbonyl (C=O) groups excluding carboxylic acids is 1. The third kappa shape index (κ3) is 2.80. The van der Waals surface area contributed by atoms with Crippen molar-refractivity contribution in [1.82, 2.24) is 15.5 Å². The first-order valence-electron chi connectivity index (χ1n) is 9.35. The second kappa shape index (κ2) is 6.30. The highest BCUT2D eigenvalue weighted by Gasteiger charge is 2.62. The Balaban J connectivity index is 1.29. The summed E-state index contributed by atoms with van der Waals surface area (Å²) in [6, 6.07) is 12.5. The van der Waals surface area contributed by atoms with Gasteiger partial charge in [0.15, 0.2) is 6.10 Å². The molecule has 2 fully saturated rings. The highest BCUT2D eigenvalue weighted by Crippen LogP contribution is 2.60. The van der Waals surface area contributed by atoms with E-state index in [1.54, 1.807) is 42.6 Å². The molecule has 5 atom stereocenters. The number of hydrogen-bond acceptors (Lipinski definition) is 4. The van der Waals surface area contributed by atoms with E-state index in [-0.39, 0.29) is 17.9 Å². The molecule has 2 aliphatic rings. The van der Waals surface area contributed by atoms with E-state index >= 15 is 0 Å². The van der Waals surface area contributed by atoms with E-state index in [0.717, 1.165) is 16.5 Å². The van der Waals surface area contributed by atoms with E-state index < -0.39 is 17.6 Å². The van der Waals surface area contributed by atoms with Crippen molar-refractivity contribution in [3.8, 4) is 0 Å². The summed E-state index contributed by atoms with van der Waals surface area (Å²) in [7, 11) is 0. The lowest BCUT2D eigenvalue weighted by atomic mass is 9.86. The molecule has 0 aliphatic heterocycles. The number of aromatic amines is 1. The van der Waals surface area contributed by atoms with Gasteiger partial charge in [-0.25, -0.2) is 0 Å². The molecule has 144 valence electrons. The van der Waals surface area contributed by atoms with Gasteiger partial charge in [0.1, 0.15) is 0 Å². The fourth-order valence-electron chi connectivity index (χ4n) is 4.73. The van der Waals surface area contributed by atoms with E-state index in [2.05, 4.69) is 15.5 Å². The van der Waals surface area contributed by atoms with Crippen molar-refractivity contribution in [2.45, 2.75) is 30.6 Å². The molecule has 2 aromatic carbocycles. The Morgan fingerprint density at radius 3 is 2.68 bits per heavy atom. The zero-order chi connectivity index (χ0) is 19.5. The van der Waals surface area contributed by atoms with Gasteiger partial charge in [-0.3, -0.25) is 9.89 Å². The smallest absolute Gasteiger partial charge is 0.253 e. The Kier molecular flexibility index (Phi) is 3.98. The van der Waals surface area contributed by atoms with Crippen LogP contribution in [-0.2, 0) is 10.4 Å². The number of benzene rings is 2. The summed E-state index contributed by atoms with van der Waals surface area (Å²) in [5.74, 6) is -0.00941. The lowest BCUT2D eigenvalue weighted by Gasteiger charge is -2.27. The van der Waals surface area contributed by atoms with Gasteiger partial charge < -0.3 is 15.5 Å². The number of rotatable bonds is 4. The monoisotopic (exact) mass is 397 g/mol. The maximum Gasteiger partial charge on any atom is 0.253 e. The third-order valence-electron chi connectivity index (χ3n) is 6.18. The molecule has 0 radical (unpaired) electrons. The van der Waals surface area contributed by atoms with Gasteiger partial charge >= 0.3 is 0 Å². The van der Waals surface area contributed by atoms with E-state index in [1.165, 1.54) is 0 Å². The molecule has 5 rings (SSSR count). The topological polar surface area (TPSA) is 98.2 Å². The zero-order valence-electron chi connectivity index (χ0n) is 15.0. The predicted molar refractivity (Wildman–Crippen MR) is 105 cm³/mol. The molecular formula is C21H20ClN3O3. The van der Waals surface area contributed by atoms with Crippen LogP contribution in [0, 0.1) is 11.8 Å². The van der Waals surface area contributed by atoms with Crippen LogP contribution in [0.5, 0.6) is 0 Å². The summed E-state index contributed by atoms with van der Waals surface area (Å²) < 4.78 is 0. The van der Waals surface area contributed by atoms with Gasteiger partial charge in [0.2, 0.25) is 0 Å². The second-order valence-corrected chi connectivity index (χ2v) is 8.34. The number of aromatic nitrogens is 2. The summed E-state index contributed by atoms with van der Waals surface area (Å²) in [5.41, 5.74) is 1.17. The molecule has 1 amide bonds. The van der Waals surface area contributed by atoms with Gasteiger partial charge in [0.05, 0.1) is 17.3 Å². The summed E-state index contributed by atoms with van der Waals surface area (Å²) in [4.78, 5) is 12.4. The molecule has 1 heterocycles. The SMILES string of the molecule is O=C(NC1[C@H]2CC(O)(c3cc(Cl)cc4[nH]ncc34)C[C@@H]12)C(O)c1ccccc1. The average molecular weight is 398 g/mol. The van der Waals surface area contributed by atoms with E-state index in [1.807, 2.05) is 6.07 Å². The van der Waals surface area contributed by atoms with Crippen LogP contribution in [0.1, 0.15) is 30.1 Å². The van der Waals surface area contributed by atoms with Gasteiger partial charge in [0.25, 0.3) is 5.91 Å². The van der Waals surface area contributed by atoms with Crippen LogP contribution in [0.2, 0.25) is 5.02 Å². The highest BCUT2D eigenvalue weighted by atomic mass is 35.5. The number of nitrogens with zero attached hydrogens (tertiary/aromatic N) is 1. The Labute approximate surface area is 166 Å². The normalized spacial score (nSPS) is 29.5. The van der Waals surface area contributed by atoms with Crippen molar-refractivity contribution < 1.29 is 15.0 Å². The van der Waals surface area contributed by atoms with Crippen molar-refractivity contribution in [1.29, 1.82) is 0 Å². The molecule has 28 heavy (non-hydrogen) atoms. The third-order valence-corrected chi connectivity index (χ3v) is 6.39. The maximum atomic E-state index is 12.4. The minimum atomic E-state index is -1.18. The summed E-state index contributed by atoms with van der Waals surface area (Å²) in [6.45, 7) is 0. The average Bonchev–Trinajstić information content (AvgIpc) is 3.06. The van der Waals surface area contributed by atoms with E-state index in [4.69, 9.17) is 11.6 Å². The number of hydrogen-bond donors (Lipinski definition) is 4. The Bertz CT molecular complexity index is 1040. The zero-order valence-corrected chi connectivity index (χ0v) is 15.7. The van der Waals surface area contributed by atoms with Crippen molar-refractivity contribution in [3.63, 3.8) is 0 Å². The fourth-order valence-corrected chi connectivity index (χ4v) is 4.95. The lowest BCUT2D eigenvalue weighted by molar-refractivity contribution is -0.130. The first-order chi connectivity index (χ1) is 13.5. The standard InChI is InChI=1S/C21H20ClN3O3/c22-12-6-16(15-10-23-25-17(15)7-12)21(28)8-13-14(9-21)18(13)24-20(27)19(26)11-4-2-1-3-5-11/h1-7,10,13-14,18-19,26,28H,8-9H2,(H,23,25)(H,24,27)/t13-,14+,18?,19?,21?. The molecule has 7 heteroatoms. The molecular weight excluding hydrogens is 378 g/mol. The number of amides is 1. The molecule has 0 spiro atoms. The summed E-state index contributed by atoms with van der Waals surface area (Å²) in [5, 5.41) is 32.8. The van der Waals surface area contributed by atoms with Gasteiger partial charge in [-0.05, 0) is 47.9 Å². The van der Waals surface area contributed by atoms with Crippen molar-refractivity contribution in [2.24, 2.45) is 11.8 Å².